The van der Waals surface area contributed by atoms with Crippen molar-refractivity contribution in [2.45, 2.75) is 116 Å². The van der Waals surface area contributed by atoms with Crippen molar-refractivity contribution in [2.75, 3.05) is 19.4 Å². The lowest BCUT2D eigenvalue weighted by molar-refractivity contribution is -0.125. The molecule has 0 aliphatic heterocycles. The van der Waals surface area contributed by atoms with Gasteiger partial charge in [0.2, 0.25) is 5.91 Å². The Morgan fingerprint density at radius 2 is 1.78 bits per heavy atom. The zero-order valence-corrected chi connectivity index (χ0v) is 25.6. The molecule has 0 spiro atoms. The highest BCUT2D eigenvalue weighted by atomic mass is 32.2. The number of amides is 1. The molecule has 0 fully saturated rings. The molecule has 1 aromatic rings. The number of rotatable bonds is 16. The number of carbonyl (C=O) groups is 1. The number of nitrogens with two attached hydrogens (primary N) is 1. The van der Waals surface area contributed by atoms with Gasteiger partial charge in [-0.15, -0.1) is 11.8 Å². The molecule has 0 aliphatic rings. The van der Waals surface area contributed by atoms with E-state index in [0.717, 1.165) is 35.5 Å². The number of hydrogen-bond acceptors (Lipinski definition) is 6. The molecule has 1 aromatic carbocycles. The van der Waals surface area contributed by atoms with Crippen LogP contribution in [0.5, 0.6) is 5.75 Å². The van der Waals surface area contributed by atoms with Gasteiger partial charge in [-0.3, -0.25) is 4.79 Å². The molecule has 2 unspecified atom stereocenters. The highest BCUT2D eigenvalue weighted by molar-refractivity contribution is 7.98. The molecule has 0 heterocycles. The highest BCUT2D eigenvalue weighted by Gasteiger charge is 2.28. The van der Waals surface area contributed by atoms with Crippen molar-refractivity contribution in [3.8, 4) is 5.75 Å². The van der Waals surface area contributed by atoms with E-state index in [2.05, 4.69) is 65.2 Å². The number of ether oxygens (including phenoxy) is 1. The van der Waals surface area contributed by atoms with Gasteiger partial charge in [-0.25, -0.2) is 0 Å². The number of carbonyl (C=O) groups excluding carboxylic acids is 1. The summed E-state index contributed by atoms with van der Waals surface area (Å²) in [5.74, 6) is 1.10. The molecule has 6 nitrogen and oxygen atoms in total. The minimum Gasteiger partial charge on any atom is -0.489 e. The molecule has 214 valence electrons. The van der Waals surface area contributed by atoms with Crippen LogP contribution in [0.1, 0.15) is 92.2 Å². The van der Waals surface area contributed by atoms with E-state index < -0.39 is 18.2 Å². The Morgan fingerprint density at radius 1 is 1.14 bits per heavy atom. The Bertz CT molecular complexity index is 823. The third-order valence-electron chi connectivity index (χ3n) is 7.04. The van der Waals surface area contributed by atoms with Crippen LogP contribution in [0.3, 0.4) is 0 Å². The van der Waals surface area contributed by atoms with Gasteiger partial charge in [0.15, 0.2) is 0 Å². The Kier molecular flexibility index (Phi) is 14.6. The Hall–Kier alpha value is -1.28. The topological polar surface area (TPSA) is 105 Å². The summed E-state index contributed by atoms with van der Waals surface area (Å²) in [6.07, 6.45) is 4.50. The van der Waals surface area contributed by atoms with E-state index >= 15 is 0 Å². The normalized spacial score (nSPS) is 16.2. The fourth-order valence-electron chi connectivity index (χ4n) is 4.51. The molecule has 0 aliphatic carbocycles. The fraction of sp³-hybridized carbons (Fsp3) is 0.767. The second kappa shape index (κ2) is 16.0. The van der Waals surface area contributed by atoms with Gasteiger partial charge >= 0.3 is 0 Å². The van der Waals surface area contributed by atoms with Gasteiger partial charge in [0.05, 0.1) is 17.1 Å². The SMILES string of the molecule is CCCCNC(=O)C(C)C[C@H](O)[C@@H](N)C[C@H](Cc1ccc(C(C)(C)C)c(SC)c1OCC(C)O)C(C)C. The molecule has 1 rings (SSSR count). The van der Waals surface area contributed by atoms with Crippen molar-refractivity contribution in [3.05, 3.63) is 23.3 Å². The number of thioether (sulfide) groups is 1. The molecule has 1 amide bonds. The fourth-order valence-corrected chi connectivity index (χ4v) is 5.48. The van der Waals surface area contributed by atoms with Crippen LogP contribution in [0.2, 0.25) is 0 Å². The van der Waals surface area contributed by atoms with Gasteiger partial charge in [0.25, 0.3) is 0 Å². The summed E-state index contributed by atoms with van der Waals surface area (Å²) in [6.45, 7) is 17.5. The maximum Gasteiger partial charge on any atom is 0.222 e. The van der Waals surface area contributed by atoms with E-state index in [9.17, 15) is 15.0 Å². The second-order valence-electron chi connectivity index (χ2n) is 12.0. The predicted molar refractivity (Wildman–Crippen MR) is 156 cm³/mol. The smallest absolute Gasteiger partial charge is 0.222 e. The van der Waals surface area contributed by atoms with Crippen LogP contribution in [0, 0.1) is 17.8 Å². The summed E-state index contributed by atoms with van der Waals surface area (Å²) >= 11 is 1.68. The third kappa shape index (κ3) is 11.2. The lowest BCUT2D eigenvalue weighted by Crippen LogP contribution is -2.41. The van der Waals surface area contributed by atoms with Crippen LogP contribution in [0.4, 0.5) is 0 Å². The molecule has 0 saturated heterocycles. The Morgan fingerprint density at radius 3 is 2.30 bits per heavy atom. The molecule has 5 atom stereocenters. The maximum atomic E-state index is 12.4. The molecule has 5 N–H and O–H groups in total. The van der Waals surface area contributed by atoms with Crippen molar-refractivity contribution in [1.29, 1.82) is 0 Å². The van der Waals surface area contributed by atoms with Crippen molar-refractivity contribution in [3.63, 3.8) is 0 Å². The lowest BCUT2D eigenvalue weighted by Gasteiger charge is -2.30. The Balaban J connectivity index is 3.08. The van der Waals surface area contributed by atoms with Crippen LogP contribution < -0.4 is 15.8 Å². The number of aliphatic hydroxyl groups is 2. The van der Waals surface area contributed by atoms with E-state index in [1.54, 1.807) is 18.7 Å². The predicted octanol–water partition coefficient (Wildman–Crippen LogP) is 5.30. The Labute approximate surface area is 230 Å². The number of hydrogen-bond donors (Lipinski definition) is 4. The molecule has 37 heavy (non-hydrogen) atoms. The van der Waals surface area contributed by atoms with Crippen LogP contribution in [0.15, 0.2) is 17.0 Å². The summed E-state index contributed by atoms with van der Waals surface area (Å²) in [5.41, 5.74) is 8.79. The largest absolute Gasteiger partial charge is 0.489 e. The van der Waals surface area contributed by atoms with Crippen molar-refractivity contribution in [1.82, 2.24) is 5.32 Å². The minimum atomic E-state index is -0.746. The number of unbranched alkanes of at least 4 members (excludes halogenated alkanes) is 1. The van der Waals surface area contributed by atoms with Gasteiger partial charge in [-0.1, -0.05) is 67.0 Å². The molecule has 0 aromatic heterocycles. The second-order valence-corrected chi connectivity index (χ2v) is 12.8. The number of nitrogens with one attached hydrogen (secondary N) is 1. The summed E-state index contributed by atoms with van der Waals surface area (Å²) < 4.78 is 6.21. The van der Waals surface area contributed by atoms with Crippen LogP contribution >= 0.6 is 11.8 Å². The summed E-state index contributed by atoms with van der Waals surface area (Å²) in [7, 11) is 0. The van der Waals surface area contributed by atoms with Crippen molar-refractivity contribution in [2.24, 2.45) is 23.5 Å². The molecule has 7 heteroatoms. The van der Waals surface area contributed by atoms with Gasteiger partial charge in [-0.2, -0.15) is 0 Å². The zero-order chi connectivity index (χ0) is 28.3. The first kappa shape index (κ1) is 33.7. The summed E-state index contributed by atoms with van der Waals surface area (Å²) in [4.78, 5) is 13.5. The van der Waals surface area contributed by atoms with Gasteiger partial charge in [0, 0.05) is 18.5 Å². The van der Waals surface area contributed by atoms with Crippen molar-refractivity contribution >= 4 is 17.7 Å². The first-order valence-electron chi connectivity index (χ1n) is 13.9. The standard InChI is InChI=1S/C30H54N2O4S/c1-10-11-14-32-29(35)20(4)15-26(34)25(31)17-23(19(2)3)16-22-12-13-24(30(6,7)8)28(37-9)27(22)36-18-21(5)33/h12-13,19-21,23,25-26,33-34H,10-11,14-18,31H2,1-9H3,(H,32,35)/t20?,21?,23-,25-,26-/m0/s1. The average Bonchev–Trinajstić information content (AvgIpc) is 2.81. The van der Waals surface area contributed by atoms with Gasteiger partial charge in [-0.05, 0) is 67.2 Å². The van der Waals surface area contributed by atoms with Crippen molar-refractivity contribution < 1.29 is 19.7 Å². The third-order valence-corrected chi connectivity index (χ3v) is 7.85. The molecule has 0 bridgehead atoms. The number of aliphatic hydroxyl groups excluding tert-OH is 2. The quantitative estimate of drug-likeness (QED) is 0.168. The minimum absolute atomic E-state index is 0.0245. The van der Waals surface area contributed by atoms with E-state index in [1.807, 2.05) is 6.92 Å². The van der Waals surface area contributed by atoms with E-state index in [-0.39, 0.29) is 29.8 Å². The number of benzene rings is 1. The molecular weight excluding hydrogens is 484 g/mol. The highest BCUT2D eigenvalue weighted by Crippen LogP contribution is 2.42. The summed E-state index contributed by atoms with van der Waals surface area (Å²) in [6, 6.07) is 3.92. The van der Waals surface area contributed by atoms with Gasteiger partial charge < -0.3 is 26.0 Å². The monoisotopic (exact) mass is 538 g/mol. The molecule has 0 saturated carbocycles. The van der Waals surface area contributed by atoms with Crippen LogP contribution in [-0.2, 0) is 16.6 Å². The average molecular weight is 539 g/mol. The van der Waals surface area contributed by atoms with E-state index in [0.29, 0.717) is 25.3 Å². The van der Waals surface area contributed by atoms with Crippen LogP contribution in [0.25, 0.3) is 0 Å². The summed E-state index contributed by atoms with van der Waals surface area (Å²) in [5, 5.41) is 23.7. The molecule has 0 radical (unpaired) electrons. The maximum absolute atomic E-state index is 12.4. The van der Waals surface area contributed by atoms with E-state index in [1.165, 1.54) is 5.56 Å². The van der Waals surface area contributed by atoms with E-state index in [4.69, 9.17) is 10.5 Å². The first-order chi connectivity index (χ1) is 17.2. The first-order valence-corrected chi connectivity index (χ1v) is 15.2. The lowest BCUT2D eigenvalue weighted by atomic mass is 9.80. The zero-order valence-electron chi connectivity index (χ0n) is 24.8. The van der Waals surface area contributed by atoms with Gasteiger partial charge in [0.1, 0.15) is 12.4 Å². The molecular formula is C30H54N2O4S. The van der Waals surface area contributed by atoms with Crippen LogP contribution in [-0.4, -0.2) is 53.8 Å².